The molecule has 0 bridgehead atoms. The first kappa shape index (κ1) is 14.8. The van der Waals surface area contributed by atoms with Crippen LogP contribution in [0.4, 0.5) is 5.95 Å². The SMILES string of the molecule is CCc1nnc(N(C)CC(C)(C)CN)nc1CC. The van der Waals surface area contributed by atoms with Crippen LogP contribution in [0.1, 0.15) is 39.1 Å². The van der Waals surface area contributed by atoms with Gasteiger partial charge in [-0.25, -0.2) is 4.98 Å². The van der Waals surface area contributed by atoms with E-state index in [2.05, 4.69) is 42.9 Å². The van der Waals surface area contributed by atoms with E-state index in [1.807, 2.05) is 11.9 Å². The molecular weight excluding hydrogens is 226 g/mol. The van der Waals surface area contributed by atoms with Crippen LogP contribution in [0.2, 0.25) is 0 Å². The van der Waals surface area contributed by atoms with Gasteiger partial charge in [-0.15, -0.1) is 5.10 Å². The molecule has 1 aromatic heterocycles. The van der Waals surface area contributed by atoms with E-state index in [0.717, 1.165) is 30.8 Å². The van der Waals surface area contributed by atoms with Gasteiger partial charge in [-0.05, 0) is 24.8 Å². The molecule has 0 spiro atoms. The average molecular weight is 251 g/mol. The topological polar surface area (TPSA) is 67.9 Å². The standard InChI is InChI=1S/C13H25N5/c1-6-10-11(7-2)16-17-12(15-10)18(5)9-13(3,4)8-14/h6-9,14H2,1-5H3. The number of aryl methyl sites for hydroxylation is 2. The van der Waals surface area contributed by atoms with E-state index in [-0.39, 0.29) is 5.41 Å². The Morgan fingerprint density at radius 2 is 1.72 bits per heavy atom. The molecule has 0 aliphatic rings. The highest BCUT2D eigenvalue weighted by atomic mass is 15.3. The number of hydrogen-bond acceptors (Lipinski definition) is 5. The van der Waals surface area contributed by atoms with E-state index in [9.17, 15) is 0 Å². The second-order valence-corrected chi connectivity index (χ2v) is 5.44. The lowest BCUT2D eigenvalue weighted by Crippen LogP contribution is -2.37. The molecule has 0 radical (unpaired) electrons. The molecule has 0 unspecified atom stereocenters. The third-order valence-corrected chi connectivity index (χ3v) is 3.06. The van der Waals surface area contributed by atoms with Crippen molar-refractivity contribution in [3.8, 4) is 0 Å². The largest absolute Gasteiger partial charge is 0.342 e. The van der Waals surface area contributed by atoms with Crippen molar-refractivity contribution in [2.24, 2.45) is 11.1 Å². The van der Waals surface area contributed by atoms with Gasteiger partial charge in [0.25, 0.3) is 0 Å². The molecule has 0 aliphatic heterocycles. The highest BCUT2D eigenvalue weighted by Crippen LogP contribution is 2.17. The van der Waals surface area contributed by atoms with Gasteiger partial charge in [-0.3, -0.25) is 0 Å². The summed E-state index contributed by atoms with van der Waals surface area (Å²) >= 11 is 0. The van der Waals surface area contributed by atoms with Crippen molar-refractivity contribution in [1.82, 2.24) is 15.2 Å². The monoisotopic (exact) mass is 251 g/mol. The molecule has 0 amide bonds. The van der Waals surface area contributed by atoms with Crippen LogP contribution >= 0.6 is 0 Å². The predicted octanol–water partition coefficient (Wildman–Crippen LogP) is 1.42. The highest BCUT2D eigenvalue weighted by Gasteiger charge is 2.20. The van der Waals surface area contributed by atoms with Crippen molar-refractivity contribution >= 4 is 5.95 Å². The minimum atomic E-state index is 0.0495. The van der Waals surface area contributed by atoms with Crippen LogP contribution in [-0.4, -0.2) is 35.3 Å². The number of rotatable bonds is 6. The van der Waals surface area contributed by atoms with Gasteiger partial charge in [-0.2, -0.15) is 5.10 Å². The van der Waals surface area contributed by atoms with Gasteiger partial charge in [0.1, 0.15) is 0 Å². The van der Waals surface area contributed by atoms with Crippen LogP contribution in [-0.2, 0) is 12.8 Å². The Morgan fingerprint density at radius 3 is 2.22 bits per heavy atom. The van der Waals surface area contributed by atoms with Gasteiger partial charge in [-0.1, -0.05) is 27.7 Å². The fraction of sp³-hybridized carbons (Fsp3) is 0.769. The van der Waals surface area contributed by atoms with Gasteiger partial charge in [0, 0.05) is 13.6 Å². The Hall–Kier alpha value is -1.23. The smallest absolute Gasteiger partial charge is 0.245 e. The first-order valence-corrected chi connectivity index (χ1v) is 6.57. The maximum atomic E-state index is 5.75. The molecule has 102 valence electrons. The first-order valence-electron chi connectivity index (χ1n) is 6.57. The van der Waals surface area contributed by atoms with Crippen LogP contribution in [0.3, 0.4) is 0 Å². The third kappa shape index (κ3) is 3.63. The zero-order valence-electron chi connectivity index (χ0n) is 12.2. The van der Waals surface area contributed by atoms with Crippen molar-refractivity contribution in [2.75, 3.05) is 25.0 Å². The summed E-state index contributed by atoms with van der Waals surface area (Å²) in [6, 6.07) is 0. The van der Waals surface area contributed by atoms with Crippen molar-refractivity contribution in [3.05, 3.63) is 11.4 Å². The summed E-state index contributed by atoms with van der Waals surface area (Å²) in [6.07, 6.45) is 1.77. The molecule has 0 saturated carbocycles. The first-order chi connectivity index (χ1) is 8.43. The third-order valence-electron chi connectivity index (χ3n) is 3.06. The molecule has 1 rings (SSSR count). The molecular formula is C13H25N5. The Kier molecular flexibility index (Phi) is 5.02. The number of nitrogens with two attached hydrogens (primary N) is 1. The molecule has 2 N–H and O–H groups in total. The number of aromatic nitrogens is 3. The zero-order chi connectivity index (χ0) is 13.8. The fourth-order valence-corrected chi connectivity index (χ4v) is 1.87. The van der Waals surface area contributed by atoms with Crippen LogP contribution in [0.25, 0.3) is 0 Å². The molecule has 0 aromatic carbocycles. The van der Waals surface area contributed by atoms with Gasteiger partial charge in [0.05, 0.1) is 11.4 Å². The maximum Gasteiger partial charge on any atom is 0.245 e. The van der Waals surface area contributed by atoms with E-state index in [4.69, 9.17) is 5.73 Å². The van der Waals surface area contributed by atoms with E-state index in [1.54, 1.807) is 0 Å². The van der Waals surface area contributed by atoms with Crippen LogP contribution in [0, 0.1) is 5.41 Å². The van der Waals surface area contributed by atoms with Crippen LogP contribution < -0.4 is 10.6 Å². The second kappa shape index (κ2) is 6.09. The lowest BCUT2D eigenvalue weighted by Gasteiger charge is -2.28. The summed E-state index contributed by atoms with van der Waals surface area (Å²) < 4.78 is 0. The number of hydrogen-bond donors (Lipinski definition) is 1. The summed E-state index contributed by atoms with van der Waals surface area (Å²) in [5.41, 5.74) is 7.84. The van der Waals surface area contributed by atoms with Gasteiger partial charge < -0.3 is 10.6 Å². The quantitative estimate of drug-likeness (QED) is 0.828. The van der Waals surface area contributed by atoms with Gasteiger partial charge in [0.15, 0.2) is 0 Å². The minimum Gasteiger partial charge on any atom is -0.342 e. The molecule has 5 heteroatoms. The summed E-state index contributed by atoms with van der Waals surface area (Å²) in [7, 11) is 1.99. The number of anilines is 1. The Balaban J connectivity index is 2.90. The molecule has 0 aliphatic carbocycles. The van der Waals surface area contributed by atoms with E-state index in [0.29, 0.717) is 12.5 Å². The Bertz CT molecular complexity index is 389. The molecule has 0 atom stereocenters. The summed E-state index contributed by atoms with van der Waals surface area (Å²) in [5, 5.41) is 8.46. The van der Waals surface area contributed by atoms with E-state index < -0.39 is 0 Å². The zero-order valence-corrected chi connectivity index (χ0v) is 12.2. The predicted molar refractivity (Wildman–Crippen MR) is 74.7 cm³/mol. The summed E-state index contributed by atoms with van der Waals surface area (Å²) in [4.78, 5) is 6.62. The van der Waals surface area contributed by atoms with Crippen molar-refractivity contribution < 1.29 is 0 Å². The van der Waals surface area contributed by atoms with E-state index in [1.165, 1.54) is 0 Å². The molecule has 0 fully saturated rings. The van der Waals surface area contributed by atoms with E-state index >= 15 is 0 Å². The summed E-state index contributed by atoms with van der Waals surface area (Å²) in [5.74, 6) is 0.686. The van der Waals surface area contributed by atoms with Gasteiger partial charge >= 0.3 is 0 Å². The fourth-order valence-electron chi connectivity index (χ4n) is 1.87. The maximum absolute atomic E-state index is 5.75. The summed E-state index contributed by atoms with van der Waals surface area (Å²) in [6.45, 7) is 9.90. The van der Waals surface area contributed by atoms with Crippen LogP contribution in [0.15, 0.2) is 0 Å². The average Bonchev–Trinajstić information content (AvgIpc) is 2.37. The Labute approximate surface area is 110 Å². The van der Waals surface area contributed by atoms with Crippen molar-refractivity contribution in [1.29, 1.82) is 0 Å². The lowest BCUT2D eigenvalue weighted by molar-refractivity contribution is 0.382. The molecule has 1 heterocycles. The minimum absolute atomic E-state index is 0.0495. The number of nitrogens with zero attached hydrogens (tertiary/aromatic N) is 4. The Morgan fingerprint density at radius 1 is 1.11 bits per heavy atom. The van der Waals surface area contributed by atoms with Gasteiger partial charge in [0.2, 0.25) is 5.95 Å². The molecule has 1 aromatic rings. The van der Waals surface area contributed by atoms with Crippen molar-refractivity contribution in [3.63, 3.8) is 0 Å². The molecule has 5 nitrogen and oxygen atoms in total. The molecule has 0 saturated heterocycles. The lowest BCUT2D eigenvalue weighted by atomic mass is 9.93. The second-order valence-electron chi connectivity index (χ2n) is 5.44. The van der Waals surface area contributed by atoms with Crippen LogP contribution in [0.5, 0.6) is 0 Å². The highest BCUT2D eigenvalue weighted by molar-refractivity contribution is 5.29. The van der Waals surface area contributed by atoms with Crippen molar-refractivity contribution in [2.45, 2.75) is 40.5 Å². The normalized spacial score (nSPS) is 11.7. The molecule has 18 heavy (non-hydrogen) atoms.